The number of aliphatic carboxylic acids is 1. The van der Waals surface area contributed by atoms with Crippen LogP contribution in [0.15, 0.2) is 36.4 Å². The molecule has 2 aliphatic rings. The van der Waals surface area contributed by atoms with Crippen LogP contribution >= 0.6 is 11.6 Å². The van der Waals surface area contributed by atoms with E-state index in [4.69, 9.17) is 31.3 Å². The third-order valence-electron chi connectivity index (χ3n) is 6.52. The molecule has 0 aromatic heterocycles. The van der Waals surface area contributed by atoms with Crippen LogP contribution in [0.4, 0.5) is 0 Å². The number of carboxylic acid groups (broad SMARTS) is 1. The second-order valence-electron chi connectivity index (χ2n) is 9.21. The highest BCUT2D eigenvalue weighted by atomic mass is 35.5. The average Bonchev–Trinajstić information content (AvgIpc) is 3.19. The fraction of sp³-hybridized carbons (Fsp3) is 0.440. The van der Waals surface area contributed by atoms with Crippen molar-refractivity contribution in [3.05, 3.63) is 52.5 Å². The van der Waals surface area contributed by atoms with Crippen LogP contribution in [0.5, 0.6) is 17.2 Å². The standard InChI is InChI=1S/C25H29ClN2O8/c26-16-1-4-21-15(9-16)11-25(36-21)5-7-28(8-6-25)12-18(31)14-35-22-10-17(30)2-3-19(22)23(32)27-20(13-29)24(33)34/h1-4,9-10,18,20,29-31H,5-8,11-14H2,(H,27,32)(H,33,34)/t18-,20-/m0/s1. The molecule has 10 nitrogen and oxygen atoms in total. The van der Waals surface area contributed by atoms with E-state index in [0.717, 1.165) is 43.7 Å². The maximum atomic E-state index is 12.5. The number of rotatable bonds is 9. The lowest BCUT2D eigenvalue weighted by atomic mass is 9.87. The zero-order valence-corrected chi connectivity index (χ0v) is 20.3. The molecule has 11 heteroatoms. The van der Waals surface area contributed by atoms with Crippen LogP contribution in [0.1, 0.15) is 28.8 Å². The molecule has 0 unspecified atom stereocenters. The molecule has 194 valence electrons. The Bertz CT molecular complexity index is 1120. The summed E-state index contributed by atoms with van der Waals surface area (Å²) in [6, 6.07) is 7.93. The van der Waals surface area contributed by atoms with Crippen LogP contribution in [-0.2, 0) is 11.2 Å². The number of carboxylic acids is 1. The van der Waals surface area contributed by atoms with Gasteiger partial charge >= 0.3 is 5.97 Å². The van der Waals surface area contributed by atoms with Gasteiger partial charge in [0.25, 0.3) is 5.91 Å². The number of phenolic OH excluding ortho intramolecular Hbond substituents is 1. The fourth-order valence-electron chi connectivity index (χ4n) is 4.60. The van der Waals surface area contributed by atoms with Crippen molar-refractivity contribution in [1.82, 2.24) is 10.2 Å². The Kier molecular flexibility index (Phi) is 7.89. The largest absolute Gasteiger partial charge is 0.508 e. The second kappa shape index (κ2) is 10.9. The lowest BCUT2D eigenvalue weighted by Crippen LogP contribution is -2.49. The van der Waals surface area contributed by atoms with Gasteiger partial charge in [0, 0.05) is 50.0 Å². The number of carbonyl (C=O) groups is 2. The number of nitrogens with zero attached hydrogens (tertiary/aromatic N) is 1. The number of carbonyl (C=O) groups excluding carboxylic acids is 1. The minimum Gasteiger partial charge on any atom is -0.508 e. The van der Waals surface area contributed by atoms with E-state index >= 15 is 0 Å². The van der Waals surface area contributed by atoms with Crippen LogP contribution < -0.4 is 14.8 Å². The Morgan fingerprint density at radius 2 is 1.94 bits per heavy atom. The molecule has 1 saturated heterocycles. The van der Waals surface area contributed by atoms with Crippen LogP contribution in [0, 0.1) is 0 Å². The van der Waals surface area contributed by atoms with Crippen LogP contribution in [0.3, 0.4) is 0 Å². The summed E-state index contributed by atoms with van der Waals surface area (Å²) in [4.78, 5) is 25.7. The predicted molar refractivity (Wildman–Crippen MR) is 130 cm³/mol. The van der Waals surface area contributed by atoms with Gasteiger partial charge in [0.2, 0.25) is 0 Å². The van der Waals surface area contributed by atoms with Crippen molar-refractivity contribution in [3.63, 3.8) is 0 Å². The molecule has 1 spiro atoms. The molecule has 2 atom stereocenters. The lowest BCUT2D eigenvalue weighted by molar-refractivity contribution is -0.140. The SMILES string of the molecule is O=C(N[C@@H](CO)C(=O)O)c1ccc(O)cc1OC[C@@H](O)CN1CCC2(CC1)Cc1cc(Cl)ccc1O2. The van der Waals surface area contributed by atoms with Gasteiger partial charge in [0.1, 0.15) is 35.6 Å². The van der Waals surface area contributed by atoms with Gasteiger partial charge in [-0.05, 0) is 35.9 Å². The predicted octanol–water partition coefficient (Wildman–Crippen LogP) is 1.43. The molecule has 0 saturated carbocycles. The Morgan fingerprint density at radius 1 is 1.19 bits per heavy atom. The topological polar surface area (TPSA) is 149 Å². The highest BCUT2D eigenvalue weighted by Gasteiger charge is 2.42. The number of hydrogen-bond acceptors (Lipinski definition) is 8. The third-order valence-corrected chi connectivity index (χ3v) is 6.76. The summed E-state index contributed by atoms with van der Waals surface area (Å²) < 4.78 is 11.9. The van der Waals surface area contributed by atoms with E-state index < -0.39 is 30.6 Å². The van der Waals surface area contributed by atoms with E-state index in [0.29, 0.717) is 11.6 Å². The van der Waals surface area contributed by atoms with Crippen LogP contribution in [0.2, 0.25) is 5.02 Å². The molecule has 5 N–H and O–H groups in total. The first-order valence-corrected chi connectivity index (χ1v) is 12.0. The molecular formula is C25H29ClN2O8. The molecule has 2 aromatic carbocycles. The first-order chi connectivity index (χ1) is 17.2. The van der Waals surface area contributed by atoms with Crippen LogP contribution in [-0.4, -0.2) is 87.8 Å². The molecule has 2 heterocycles. The summed E-state index contributed by atoms with van der Waals surface area (Å²) in [5.41, 5.74) is 0.832. The number of amides is 1. The molecule has 4 rings (SSSR count). The van der Waals surface area contributed by atoms with E-state index in [-0.39, 0.29) is 29.3 Å². The monoisotopic (exact) mass is 520 g/mol. The number of phenols is 1. The van der Waals surface area contributed by atoms with Gasteiger partial charge in [-0.2, -0.15) is 0 Å². The highest BCUT2D eigenvalue weighted by Crippen LogP contribution is 2.42. The minimum absolute atomic E-state index is 0.0120. The quantitative estimate of drug-likeness (QED) is 0.331. The molecule has 2 aliphatic heterocycles. The second-order valence-corrected chi connectivity index (χ2v) is 9.64. The molecule has 1 amide bonds. The summed E-state index contributed by atoms with van der Waals surface area (Å²) in [7, 11) is 0. The van der Waals surface area contributed by atoms with Gasteiger partial charge in [0.05, 0.1) is 12.2 Å². The van der Waals surface area contributed by atoms with Gasteiger partial charge in [-0.15, -0.1) is 0 Å². The maximum absolute atomic E-state index is 12.5. The Morgan fingerprint density at radius 3 is 2.64 bits per heavy atom. The normalized spacial score (nSPS) is 18.2. The first-order valence-electron chi connectivity index (χ1n) is 11.7. The molecule has 1 fully saturated rings. The zero-order chi connectivity index (χ0) is 25.9. The minimum atomic E-state index is -1.49. The van der Waals surface area contributed by atoms with E-state index in [1.807, 2.05) is 18.2 Å². The van der Waals surface area contributed by atoms with Crippen molar-refractivity contribution in [3.8, 4) is 17.2 Å². The number of aliphatic hydroxyl groups is 2. The molecule has 0 radical (unpaired) electrons. The number of ether oxygens (including phenoxy) is 2. The number of halogens is 1. The van der Waals surface area contributed by atoms with Crippen LogP contribution in [0.25, 0.3) is 0 Å². The molecule has 2 aromatic rings. The average molecular weight is 521 g/mol. The molecule has 0 aliphatic carbocycles. The maximum Gasteiger partial charge on any atom is 0.328 e. The number of likely N-dealkylation sites (tertiary alicyclic amines) is 1. The number of fused-ring (bicyclic) bond motifs is 1. The number of β-amino-alcohol motifs (C(OH)–C–C–N with tert-alkyl or cyclic N) is 1. The molecule has 36 heavy (non-hydrogen) atoms. The van der Waals surface area contributed by atoms with Gasteiger partial charge in [0.15, 0.2) is 6.04 Å². The van der Waals surface area contributed by atoms with Gasteiger partial charge in [-0.25, -0.2) is 4.79 Å². The van der Waals surface area contributed by atoms with Crippen molar-refractivity contribution in [1.29, 1.82) is 0 Å². The fourth-order valence-corrected chi connectivity index (χ4v) is 4.80. The molecule has 0 bridgehead atoms. The van der Waals surface area contributed by atoms with Crippen molar-refractivity contribution < 1.29 is 39.5 Å². The van der Waals surface area contributed by atoms with Gasteiger partial charge in [-0.3, -0.25) is 4.79 Å². The smallest absolute Gasteiger partial charge is 0.328 e. The van der Waals surface area contributed by atoms with Gasteiger partial charge < -0.3 is 40.1 Å². The van der Waals surface area contributed by atoms with Crippen molar-refractivity contribution in [2.24, 2.45) is 0 Å². The third kappa shape index (κ3) is 6.01. The van der Waals surface area contributed by atoms with E-state index in [1.54, 1.807) is 0 Å². The molecular weight excluding hydrogens is 492 g/mol. The van der Waals surface area contributed by atoms with Crippen molar-refractivity contribution in [2.45, 2.75) is 37.0 Å². The summed E-state index contributed by atoms with van der Waals surface area (Å²) in [5, 5.41) is 41.4. The summed E-state index contributed by atoms with van der Waals surface area (Å²) in [6.07, 6.45) is 1.55. The van der Waals surface area contributed by atoms with E-state index in [1.165, 1.54) is 18.2 Å². The first kappa shape index (κ1) is 26.0. The summed E-state index contributed by atoms with van der Waals surface area (Å²) in [5.74, 6) is -1.47. The Balaban J connectivity index is 1.29. The summed E-state index contributed by atoms with van der Waals surface area (Å²) >= 11 is 6.11. The van der Waals surface area contributed by atoms with E-state index in [9.17, 15) is 19.8 Å². The highest BCUT2D eigenvalue weighted by molar-refractivity contribution is 6.30. The van der Waals surface area contributed by atoms with Crippen molar-refractivity contribution >= 4 is 23.5 Å². The van der Waals surface area contributed by atoms with E-state index in [2.05, 4.69) is 10.2 Å². The number of aliphatic hydroxyl groups excluding tert-OH is 2. The van der Waals surface area contributed by atoms with Crippen molar-refractivity contribution in [2.75, 3.05) is 32.8 Å². The number of piperidine rings is 1. The number of hydrogen-bond donors (Lipinski definition) is 5. The Hall–Kier alpha value is -3.05. The lowest BCUT2D eigenvalue weighted by Gasteiger charge is -2.39. The number of benzene rings is 2. The summed E-state index contributed by atoms with van der Waals surface area (Å²) in [6.45, 7) is 0.887. The number of nitrogens with one attached hydrogen (secondary N) is 1. The van der Waals surface area contributed by atoms with Gasteiger partial charge in [-0.1, -0.05) is 11.6 Å². The zero-order valence-electron chi connectivity index (χ0n) is 19.5. The number of aromatic hydroxyl groups is 1. The Labute approximate surface area is 213 Å².